The molecule has 1 aromatic carbocycles. The van der Waals surface area contributed by atoms with E-state index in [9.17, 15) is 14.5 Å². The Balaban J connectivity index is 2.68. The fourth-order valence-corrected chi connectivity index (χ4v) is 1.03. The van der Waals surface area contributed by atoms with Gasteiger partial charge in [-0.1, -0.05) is 17.7 Å². The Kier molecular flexibility index (Phi) is 3.19. The lowest BCUT2D eigenvalue weighted by molar-refractivity contribution is -0.479. The van der Waals surface area contributed by atoms with Crippen LogP contribution in [-0.2, 0) is 6.42 Å². The first-order valence-electron chi connectivity index (χ1n) is 3.65. The van der Waals surface area contributed by atoms with Crippen LogP contribution in [0.5, 0.6) is 0 Å². The lowest BCUT2D eigenvalue weighted by Crippen LogP contribution is -2.04. The zero-order valence-electron chi connectivity index (χ0n) is 6.67. The summed E-state index contributed by atoms with van der Waals surface area (Å²) >= 11 is 5.43. The minimum atomic E-state index is -0.539. The van der Waals surface area contributed by atoms with E-state index in [-0.39, 0.29) is 18.0 Å². The molecule has 0 spiro atoms. The maximum absolute atomic E-state index is 12.8. The SMILES string of the molecule is O=[N+]([O-])CCc1ccc(Cl)c(F)c1. The van der Waals surface area contributed by atoms with Crippen LogP contribution >= 0.6 is 11.6 Å². The molecule has 0 aliphatic heterocycles. The zero-order chi connectivity index (χ0) is 9.84. The van der Waals surface area contributed by atoms with E-state index in [0.717, 1.165) is 0 Å². The third-order valence-electron chi connectivity index (χ3n) is 1.57. The van der Waals surface area contributed by atoms with E-state index in [1.165, 1.54) is 12.1 Å². The Morgan fingerprint density at radius 1 is 1.54 bits per heavy atom. The van der Waals surface area contributed by atoms with Crippen molar-refractivity contribution in [2.45, 2.75) is 6.42 Å². The summed E-state index contributed by atoms with van der Waals surface area (Å²) in [4.78, 5) is 9.57. The number of hydrogen-bond donors (Lipinski definition) is 0. The summed E-state index contributed by atoms with van der Waals surface area (Å²) in [6.07, 6.45) is 0.223. The molecule has 70 valence electrons. The van der Waals surface area contributed by atoms with E-state index < -0.39 is 10.7 Å². The van der Waals surface area contributed by atoms with Gasteiger partial charge < -0.3 is 0 Å². The van der Waals surface area contributed by atoms with Crippen LogP contribution in [0.1, 0.15) is 5.56 Å². The molecule has 0 fully saturated rings. The normalized spacial score (nSPS) is 10.0. The van der Waals surface area contributed by atoms with Crippen molar-refractivity contribution < 1.29 is 9.31 Å². The number of hydrogen-bond acceptors (Lipinski definition) is 2. The third kappa shape index (κ3) is 2.99. The second kappa shape index (κ2) is 4.18. The van der Waals surface area contributed by atoms with Crippen molar-refractivity contribution in [3.05, 3.63) is 44.7 Å². The molecule has 0 atom stereocenters. The molecular weight excluding hydrogens is 197 g/mol. The van der Waals surface area contributed by atoms with Crippen molar-refractivity contribution in [3.63, 3.8) is 0 Å². The highest BCUT2D eigenvalue weighted by Crippen LogP contribution is 2.15. The molecule has 0 saturated heterocycles. The summed E-state index contributed by atoms with van der Waals surface area (Å²) in [5, 5.41) is 10.0. The van der Waals surface area contributed by atoms with Crippen LogP contribution in [0.15, 0.2) is 18.2 Å². The highest BCUT2D eigenvalue weighted by Gasteiger charge is 2.03. The molecular formula is C8H7ClFNO2. The molecule has 0 aromatic heterocycles. The summed E-state index contributed by atoms with van der Waals surface area (Å²) in [5.74, 6) is -0.539. The van der Waals surface area contributed by atoms with E-state index in [0.29, 0.717) is 5.56 Å². The number of benzene rings is 1. The van der Waals surface area contributed by atoms with Gasteiger partial charge in [0, 0.05) is 11.3 Å². The minimum Gasteiger partial charge on any atom is -0.265 e. The maximum Gasteiger partial charge on any atom is 0.207 e. The molecule has 0 N–H and O–H groups in total. The van der Waals surface area contributed by atoms with E-state index in [4.69, 9.17) is 11.6 Å². The number of rotatable bonds is 3. The van der Waals surface area contributed by atoms with Crippen molar-refractivity contribution in [2.24, 2.45) is 0 Å². The van der Waals surface area contributed by atoms with Crippen molar-refractivity contribution in [1.82, 2.24) is 0 Å². The van der Waals surface area contributed by atoms with Gasteiger partial charge in [-0.15, -0.1) is 0 Å². The van der Waals surface area contributed by atoms with Gasteiger partial charge >= 0.3 is 0 Å². The predicted octanol–water partition coefficient (Wildman–Crippen LogP) is 2.30. The molecule has 0 radical (unpaired) electrons. The second-order valence-corrected chi connectivity index (χ2v) is 2.96. The molecule has 0 unspecified atom stereocenters. The largest absolute Gasteiger partial charge is 0.265 e. The number of halogens is 2. The second-order valence-electron chi connectivity index (χ2n) is 2.55. The summed E-state index contributed by atoms with van der Waals surface area (Å²) in [5.41, 5.74) is 0.582. The van der Waals surface area contributed by atoms with Gasteiger partial charge in [0.25, 0.3) is 0 Å². The van der Waals surface area contributed by atoms with Crippen molar-refractivity contribution in [3.8, 4) is 0 Å². The quantitative estimate of drug-likeness (QED) is 0.559. The van der Waals surface area contributed by atoms with E-state index >= 15 is 0 Å². The summed E-state index contributed by atoms with van der Waals surface area (Å²) < 4.78 is 12.8. The van der Waals surface area contributed by atoms with Gasteiger partial charge in [-0.3, -0.25) is 10.1 Å². The highest BCUT2D eigenvalue weighted by atomic mass is 35.5. The fraction of sp³-hybridized carbons (Fsp3) is 0.250. The Morgan fingerprint density at radius 3 is 2.77 bits per heavy atom. The van der Waals surface area contributed by atoms with Crippen LogP contribution in [0.2, 0.25) is 5.02 Å². The van der Waals surface area contributed by atoms with Crippen LogP contribution in [-0.4, -0.2) is 11.5 Å². The predicted molar refractivity (Wildman–Crippen MR) is 47.0 cm³/mol. The lowest BCUT2D eigenvalue weighted by atomic mass is 10.1. The lowest BCUT2D eigenvalue weighted by Gasteiger charge is -1.98. The topological polar surface area (TPSA) is 43.1 Å². The molecule has 3 nitrogen and oxygen atoms in total. The molecule has 0 aliphatic carbocycles. The summed E-state index contributed by atoms with van der Waals surface area (Å²) in [6, 6.07) is 4.19. The maximum atomic E-state index is 12.8. The van der Waals surface area contributed by atoms with Gasteiger partial charge in [0.1, 0.15) is 5.82 Å². The molecule has 0 saturated carbocycles. The number of nitrogens with zero attached hydrogens (tertiary/aromatic N) is 1. The summed E-state index contributed by atoms with van der Waals surface area (Å²) in [7, 11) is 0. The van der Waals surface area contributed by atoms with Gasteiger partial charge in [-0.05, 0) is 17.7 Å². The Labute approximate surface area is 79.3 Å². The average Bonchev–Trinajstić information content (AvgIpc) is 2.07. The van der Waals surface area contributed by atoms with Gasteiger partial charge in [0.05, 0.1) is 5.02 Å². The molecule has 0 aliphatic rings. The van der Waals surface area contributed by atoms with Crippen molar-refractivity contribution >= 4 is 11.6 Å². The first-order valence-corrected chi connectivity index (χ1v) is 4.03. The van der Waals surface area contributed by atoms with E-state index in [2.05, 4.69) is 0 Å². The standard InChI is InChI=1S/C8H7ClFNO2/c9-7-2-1-6(5-8(7)10)3-4-11(12)13/h1-2,5H,3-4H2. The van der Waals surface area contributed by atoms with Crippen molar-refractivity contribution in [1.29, 1.82) is 0 Å². The fourth-order valence-electron chi connectivity index (χ4n) is 0.916. The Morgan fingerprint density at radius 2 is 2.23 bits per heavy atom. The van der Waals surface area contributed by atoms with Crippen LogP contribution < -0.4 is 0 Å². The van der Waals surface area contributed by atoms with E-state index in [1.54, 1.807) is 6.07 Å². The minimum absolute atomic E-state index is 0.0323. The molecule has 0 amide bonds. The summed E-state index contributed by atoms with van der Waals surface area (Å²) in [6.45, 7) is -0.193. The molecule has 0 bridgehead atoms. The Hall–Kier alpha value is -1.16. The van der Waals surface area contributed by atoms with Crippen LogP contribution in [0, 0.1) is 15.9 Å². The van der Waals surface area contributed by atoms with Gasteiger partial charge in [0.15, 0.2) is 0 Å². The zero-order valence-corrected chi connectivity index (χ0v) is 7.42. The van der Waals surface area contributed by atoms with Gasteiger partial charge in [-0.2, -0.15) is 0 Å². The molecule has 13 heavy (non-hydrogen) atoms. The molecule has 1 aromatic rings. The highest BCUT2D eigenvalue weighted by molar-refractivity contribution is 6.30. The molecule has 5 heteroatoms. The smallest absolute Gasteiger partial charge is 0.207 e. The Bertz CT molecular complexity index is 330. The first-order chi connectivity index (χ1) is 6.09. The monoisotopic (exact) mass is 203 g/mol. The van der Waals surface area contributed by atoms with Gasteiger partial charge in [0.2, 0.25) is 6.54 Å². The number of nitro groups is 1. The molecule has 0 heterocycles. The first kappa shape index (κ1) is 9.92. The third-order valence-corrected chi connectivity index (χ3v) is 1.87. The van der Waals surface area contributed by atoms with Crippen LogP contribution in [0.4, 0.5) is 4.39 Å². The molecule has 1 rings (SSSR count). The van der Waals surface area contributed by atoms with E-state index in [1.807, 2.05) is 0 Å². The van der Waals surface area contributed by atoms with Gasteiger partial charge in [-0.25, -0.2) is 4.39 Å². The van der Waals surface area contributed by atoms with Crippen LogP contribution in [0.25, 0.3) is 0 Å². The average molecular weight is 204 g/mol. The van der Waals surface area contributed by atoms with Crippen LogP contribution in [0.3, 0.4) is 0 Å². The van der Waals surface area contributed by atoms with Crippen molar-refractivity contribution in [2.75, 3.05) is 6.54 Å².